The maximum atomic E-state index is 14.4. The number of cyclic esters (lactones) is 2. The summed E-state index contributed by atoms with van der Waals surface area (Å²) in [6.07, 6.45) is -16.0. The third kappa shape index (κ3) is 14.2. The molecule has 0 radical (unpaired) electrons. The van der Waals surface area contributed by atoms with E-state index < -0.39 is 242 Å². The number of hydrogen-bond acceptors (Lipinski definition) is 17. The Bertz CT molecular complexity index is 3520. The van der Waals surface area contributed by atoms with Gasteiger partial charge in [-0.05, 0) is 41.8 Å². The van der Waals surface area contributed by atoms with E-state index >= 15 is 0 Å². The largest absolute Gasteiger partial charge is 0.466 e. The van der Waals surface area contributed by atoms with Crippen LogP contribution in [-0.4, -0.2) is 110 Å². The number of halogens is 18. The standard InChI is InChI=1S/C21H19F6NO6.2C17H11F6NO4/c1-4-33-20(31)17-14(8-34-9(2)29)28-13(7-22)16(19(30)32-3)15(17)11-5-10(23)6-12(24)18(11)21(25,26)27;2*1-27-15(25)12-9(4-18)24-10-5-28-16(26)13(10)11(12)7-2-6(19)3-8(20)14(7)17(21,22)23/h5-6,15,28H,4,7-8H2,1-3H3;2*2-3,11,24H,4-5H2,1H3/t;2*11-/m.10/s1. The number of alkyl halides is 12. The van der Waals surface area contributed by atoms with Crippen molar-refractivity contribution in [3.8, 4) is 0 Å². The number of dihydropyridines is 3. The lowest BCUT2D eigenvalue weighted by atomic mass is 9.78. The summed E-state index contributed by atoms with van der Waals surface area (Å²) in [7, 11) is 2.60. The summed E-state index contributed by atoms with van der Waals surface area (Å²) < 4.78 is 280. The molecule has 0 fully saturated rings. The topological polar surface area (TPSA) is 220 Å². The van der Waals surface area contributed by atoms with E-state index in [2.05, 4.69) is 30.2 Å². The lowest BCUT2D eigenvalue weighted by Gasteiger charge is -2.32. The summed E-state index contributed by atoms with van der Waals surface area (Å²) in [5.74, 6) is -24.5. The number of carbonyl (C=O) groups excluding carboxylic acids is 7. The number of rotatable bonds is 13. The predicted molar refractivity (Wildman–Crippen MR) is 263 cm³/mol. The fourth-order valence-electron chi connectivity index (χ4n) is 9.97. The molecule has 0 aliphatic carbocycles. The summed E-state index contributed by atoms with van der Waals surface area (Å²) in [6, 6.07) is 0.968. The van der Waals surface area contributed by atoms with Gasteiger partial charge in [-0.1, -0.05) is 0 Å². The Morgan fingerprint density at radius 3 is 1.09 bits per heavy atom. The highest BCUT2D eigenvalue weighted by Crippen LogP contribution is 2.50. The van der Waals surface area contributed by atoms with Crippen molar-refractivity contribution in [2.75, 3.05) is 67.8 Å². The van der Waals surface area contributed by atoms with Gasteiger partial charge in [0.25, 0.3) is 0 Å². The third-order valence-electron chi connectivity index (χ3n) is 13.3. The minimum atomic E-state index is -5.41. The first-order valence-electron chi connectivity index (χ1n) is 25.0. The van der Waals surface area contributed by atoms with Gasteiger partial charge in [-0.3, -0.25) is 4.79 Å². The van der Waals surface area contributed by atoms with E-state index in [-0.39, 0.29) is 42.3 Å². The van der Waals surface area contributed by atoms with Crippen molar-refractivity contribution in [2.24, 2.45) is 0 Å². The summed E-state index contributed by atoms with van der Waals surface area (Å²) in [4.78, 5) is 85.3. The molecule has 3 atom stereocenters. The average Bonchev–Trinajstić information content (AvgIpc) is 1.07. The van der Waals surface area contributed by atoms with E-state index in [9.17, 15) is 113 Å². The molecule has 3 N–H and O–H groups in total. The monoisotopic (exact) mass is 1310 g/mol. The molecule has 3 aromatic rings. The second-order valence-electron chi connectivity index (χ2n) is 18.6. The fourth-order valence-corrected chi connectivity index (χ4v) is 9.97. The van der Waals surface area contributed by atoms with Gasteiger partial charge < -0.3 is 49.1 Å². The summed E-state index contributed by atoms with van der Waals surface area (Å²) >= 11 is 0. The molecule has 35 heteroatoms. The van der Waals surface area contributed by atoms with E-state index in [1.165, 1.54) is 6.92 Å². The zero-order valence-corrected chi connectivity index (χ0v) is 46.2. The van der Waals surface area contributed by atoms with Gasteiger partial charge in [-0.2, -0.15) is 39.5 Å². The second kappa shape index (κ2) is 27.5. The highest BCUT2D eigenvalue weighted by Gasteiger charge is 2.51. The number of nitrogens with one attached hydrogen (secondary N) is 3. The normalized spacial score (nSPS) is 18.2. The highest BCUT2D eigenvalue weighted by atomic mass is 19.4. The molecule has 8 rings (SSSR count). The molecule has 486 valence electrons. The maximum Gasteiger partial charge on any atom is 0.419 e. The van der Waals surface area contributed by atoms with Gasteiger partial charge >= 0.3 is 60.3 Å². The number of ether oxygens (including phenoxy) is 7. The Balaban J connectivity index is 0.000000216. The van der Waals surface area contributed by atoms with Crippen LogP contribution in [0, 0.1) is 34.9 Å². The Labute approximate surface area is 492 Å². The van der Waals surface area contributed by atoms with Crippen LogP contribution < -0.4 is 16.0 Å². The van der Waals surface area contributed by atoms with Gasteiger partial charge in [0, 0.05) is 25.1 Å². The Morgan fingerprint density at radius 2 is 0.789 bits per heavy atom. The molecular weight excluding hydrogens is 1270 g/mol. The zero-order valence-electron chi connectivity index (χ0n) is 46.2. The van der Waals surface area contributed by atoms with E-state index in [0.717, 1.165) is 28.3 Å². The van der Waals surface area contributed by atoms with Gasteiger partial charge in [-0.15, -0.1) is 0 Å². The first-order chi connectivity index (χ1) is 42.1. The second-order valence-corrected chi connectivity index (χ2v) is 18.6. The number of methoxy groups -OCH3 is 3. The Morgan fingerprint density at radius 1 is 0.478 bits per heavy atom. The van der Waals surface area contributed by atoms with Crippen LogP contribution in [0.3, 0.4) is 0 Å². The molecule has 0 saturated carbocycles. The Hall–Kier alpha value is -9.47. The quantitative estimate of drug-likeness (QED) is 0.0825. The van der Waals surface area contributed by atoms with Crippen molar-refractivity contribution in [2.45, 2.75) is 50.1 Å². The molecule has 0 saturated heterocycles. The molecule has 0 spiro atoms. The van der Waals surface area contributed by atoms with E-state index in [0.29, 0.717) is 12.1 Å². The van der Waals surface area contributed by atoms with Crippen molar-refractivity contribution in [1.29, 1.82) is 0 Å². The average molecular weight is 1310 g/mol. The molecule has 0 bridgehead atoms. The van der Waals surface area contributed by atoms with Crippen molar-refractivity contribution in [3.63, 3.8) is 0 Å². The minimum Gasteiger partial charge on any atom is -0.466 e. The molecule has 90 heavy (non-hydrogen) atoms. The van der Waals surface area contributed by atoms with Crippen LogP contribution in [0.4, 0.5) is 79.0 Å². The molecule has 1 unspecified atom stereocenters. The van der Waals surface area contributed by atoms with Gasteiger partial charge in [0.2, 0.25) is 0 Å². The number of allylic oxidation sites excluding steroid dienone is 3. The van der Waals surface area contributed by atoms with Gasteiger partial charge in [0.1, 0.15) is 74.7 Å². The van der Waals surface area contributed by atoms with Crippen molar-refractivity contribution >= 4 is 41.8 Å². The van der Waals surface area contributed by atoms with Gasteiger partial charge in [0.05, 0.1) is 130 Å². The van der Waals surface area contributed by atoms with E-state index in [4.69, 9.17) is 18.9 Å². The molecule has 5 aliphatic rings. The molecule has 17 nitrogen and oxygen atoms in total. The smallest absolute Gasteiger partial charge is 0.419 e. The minimum absolute atomic E-state index is 0.0211. The lowest BCUT2D eigenvalue weighted by molar-refractivity contribution is -0.143. The predicted octanol–water partition coefficient (Wildman–Crippen LogP) is 9.20. The Kier molecular flexibility index (Phi) is 21.3. The number of benzene rings is 3. The van der Waals surface area contributed by atoms with Crippen LogP contribution >= 0.6 is 0 Å². The first kappa shape index (κ1) is 69.6. The zero-order chi connectivity index (χ0) is 67.4. The van der Waals surface area contributed by atoms with Crippen molar-refractivity contribution in [1.82, 2.24) is 16.0 Å². The van der Waals surface area contributed by atoms with E-state index in [1.807, 2.05) is 0 Å². The van der Waals surface area contributed by atoms with Crippen LogP contribution in [0.25, 0.3) is 0 Å². The molecular formula is C55H41F18N3O14. The summed E-state index contributed by atoms with van der Waals surface area (Å²) in [6.45, 7) is -3.74. The third-order valence-corrected chi connectivity index (χ3v) is 13.3. The van der Waals surface area contributed by atoms with E-state index in [1.54, 1.807) is 0 Å². The lowest BCUT2D eigenvalue weighted by Crippen LogP contribution is -2.37. The summed E-state index contributed by atoms with van der Waals surface area (Å²) in [5, 5.41) is 7.17. The highest BCUT2D eigenvalue weighted by molar-refractivity contribution is 6.03. The fraction of sp³-hybridized carbons (Fsp3) is 0.327. The van der Waals surface area contributed by atoms with Crippen LogP contribution in [0.2, 0.25) is 0 Å². The molecule has 5 heterocycles. The molecule has 3 aromatic carbocycles. The maximum absolute atomic E-state index is 14.4. The molecule has 5 aliphatic heterocycles. The number of esters is 7. The number of hydrogen-bond donors (Lipinski definition) is 3. The SMILES string of the molecule is CCOC(=O)C1=C(COC(C)=O)NC(CF)=C(C(=O)OC)C1c1cc(F)cc(F)c1C(F)(F)F.COC(=O)C1=C(CF)NC2=C(C(=O)OC2)[C@@H]1c1cc(F)cc(F)c1C(F)(F)F.COC(=O)C1=C(CF)NC2=C(C(=O)OC2)[C@H]1c1cc(F)cc(F)c1C(F)(F)F. The molecule has 0 amide bonds. The van der Waals surface area contributed by atoms with Gasteiger partial charge in [0.15, 0.2) is 0 Å². The van der Waals surface area contributed by atoms with Gasteiger partial charge in [-0.25, -0.2) is 68.3 Å². The number of carbonyl (C=O) groups is 7. The van der Waals surface area contributed by atoms with Crippen molar-refractivity contribution in [3.05, 3.63) is 172 Å². The van der Waals surface area contributed by atoms with Crippen molar-refractivity contribution < 1.29 is 146 Å². The van der Waals surface area contributed by atoms with Crippen LogP contribution in [0.15, 0.2) is 104 Å². The van der Waals surface area contributed by atoms with Crippen LogP contribution in [-0.2, 0) is 85.2 Å². The summed E-state index contributed by atoms with van der Waals surface area (Å²) in [5.41, 5.74) is -15.4. The molecule has 0 aromatic heterocycles. The first-order valence-corrected chi connectivity index (χ1v) is 25.0. The van der Waals surface area contributed by atoms with Crippen LogP contribution in [0.5, 0.6) is 0 Å². The van der Waals surface area contributed by atoms with Crippen LogP contribution in [0.1, 0.15) is 65.0 Å².